The van der Waals surface area contributed by atoms with E-state index < -0.39 is 0 Å². The number of nitrogens with zero attached hydrogens (tertiary/aromatic N) is 1. The molecule has 0 aromatic heterocycles. The Hall–Kier alpha value is -1.64. The van der Waals surface area contributed by atoms with Gasteiger partial charge in [-0.15, -0.1) is 0 Å². The molecular weight excluding hydrogens is 167 g/mol. The summed E-state index contributed by atoms with van der Waals surface area (Å²) in [4.78, 5) is 14.6. The molecule has 0 saturated heterocycles. The van der Waals surface area contributed by atoms with Crippen molar-refractivity contribution in [1.82, 2.24) is 0 Å². The van der Waals surface area contributed by atoms with Gasteiger partial charge in [0.25, 0.3) is 0 Å². The van der Waals surface area contributed by atoms with Gasteiger partial charge in [0.15, 0.2) is 0 Å². The Kier molecular flexibility index (Phi) is 3.70. The first-order valence-electron chi connectivity index (χ1n) is 3.94. The minimum atomic E-state index is -0.327. The fraction of sp³-hybridized carbons (Fsp3) is 0.200. The number of ether oxygens (including phenoxy) is 1. The van der Waals surface area contributed by atoms with E-state index in [-0.39, 0.29) is 12.5 Å². The molecule has 0 aliphatic rings. The number of hydrogen-bond donors (Lipinski definition) is 0. The summed E-state index contributed by atoms with van der Waals surface area (Å²) in [5, 5.41) is 0. The SMILES string of the molecule is COC(=O)C[15N]=Cc1ccccc1. The molecule has 0 amide bonds. The van der Waals surface area contributed by atoms with E-state index in [0.717, 1.165) is 5.56 Å². The van der Waals surface area contributed by atoms with Gasteiger partial charge in [0, 0.05) is 6.21 Å². The highest BCUT2D eigenvalue weighted by molar-refractivity contribution is 5.82. The molecule has 0 fully saturated rings. The van der Waals surface area contributed by atoms with Gasteiger partial charge in [-0.05, 0) is 5.56 Å². The van der Waals surface area contributed by atoms with Gasteiger partial charge in [-0.2, -0.15) is 0 Å². The number of methoxy groups -OCH3 is 1. The van der Waals surface area contributed by atoms with Crippen molar-refractivity contribution < 1.29 is 9.53 Å². The summed E-state index contributed by atoms with van der Waals surface area (Å²) >= 11 is 0. The Bertz CT molecular complexity index is 293. The maximum Gasteiger partial charge on any atom is 0.327 e. The lowest BCUT2D eigenvalue weighted by Gasteiger charge is -1.92. The third-order valence-corrected chi connectivity index (χ3v) is 1.49. The summed E-state index contributed by atoms with van der Waals surface area (Å²) in [6, 6.07) is 9.60. The van der Waals surface area contributed by atoms with Crippen molar-refractivity contribution in [2.45, 2.75) is 0 Å². The summed E-state index contributed by atoms with van der Waals surface area (Å²) in [5.74, 6) is -0.327. The fourth-order valence-corrected chi connectivity index (χ4v) is 0.829. The van der Waals surface area contributed by atoms with Gasteiger partial charge in [-0.25, -0.2) is 0 Å². The van der Waals surface area contributed by atoms with Crippen LogP contribution in [0.5, 0.6) is 0 Å². The predicted molar refractivity (Wildman–Crippen MR) is 50.9 cm³/mol. The Morgan fingerprint density at radius 3 is 2.77 bits per heavy atom. The fourth-order valence-electron chi connectivity index (χ4n) is 0.829. The molecular formula is C10H11NO2. The minimum Gasteiger partial charge on any atom is -0.468 e. The Morgan fingerprint density at radius 2 is 2.15 bits per heavy atom. The van der Waals surface area contributed by atoms with Gasteiger partial charge < -0.3 is 4.74 Å². The zero-order valence-electron chi connectivity index (χ0n) is 7.43. The number of carbonyl (C=O) groups is 1. The molecule has 0 spiro atoms. The summed E-state index contributed by atoms with van der Waals surface area (Å²) in [7, 11) is 1.35. The van der Waals surface area contributed by atoms with Crippen LogP contribution in [0.15, 0.2) is 35.3 Å². The first-order valence-corrected chi connectivity index (χ1v) is 3.94. The van der Waals surface area contributed by atoms with Crippen LogP contribution in [0, 0.1) is 0 Å². The van der Waals surface area contributed by atoms with Crippen LogP contribution < -0.4 is 0 Å². The average molecular weight is 178 g/mol. The molecule has 3 nitrogen and oxygen atoms in total. The molecule has 0 aliphatic carbocycles. The Labute approximate surface area is 77.1 Å². The number of aliphatic imine (C=N–C) groups is 1. The van der Waals surface area contributed by atoms with Crippen LogP contribution in [0.2, 0.25) is 0 Å². The Balaban J connectivity index is 2.45. The summed E-state index contributed by atoms with van der Waals surface area (Å²) < 4.78 is 4.44. The largest absolute Gasteiger partial charge is 0.468 e. The van der Waals surface area contributed by atoms with E-state index in [1.807, 2.05) is 30.3 Å². The van der Waals surface area contributed by atoms with Gasteiger partial charge in [0.05, 0.1) is 7.11 Å². The van der Waals surface area contributed by atoms with E-state index >= 15 is 0 Å². The molecule has 0 N–H and O–H groups in total. The summed E-state index contributed by atoms with van der Waals surface area (Å²) in [6.07, 6.45) is 1.65. The van der Waals surface area contributed by atoms with Crippen molar-refractivity contribution in [3.05, 3.63) is 35.9 Å². The van der Waals surface area contributed by atoms with Crippen molar-refractivity contribution >= 4 is 12.2 Å². The maximum atomic E-state index is 10.7. The Morgan fingerprint density at radius 1 is 1.46 bits per heavy atom. The lowest BCUT2D eigenvalue weighted by atomic mass is 10.2. The maximum absolute atomic E-state index is 10.7. The molecule has 0 unspecified atom stereocenters. The van der Waals surface area contributed by atoms with E-state index in [9.17, 15) is 4.79 Å². The topological polar surface area (TPSA) is 38.7 Å². The monoisotopic (exact) mass is 178 g/mol. The third-order valence-electron chi connectivity index (χ3n) is 1.49. The summed E-state index contributed by atoms with van der Waals surface area (Å²) in [5.41, 5.74) is 0.978. The molecule has 1 rings (SSSR count). The molecule has 0 saturated carbocycles. The van der Waals surface area contributed by atoms with Gasteiger partial charge in [0.2, 0.25) is 0 Å². The molecule has 1 aromatic rings. The molecule has 0 heterocycles. The lowest BCUT2D eigenvalue weighted by molar-refractivity contribution is -0.138. The summed E-state index contributed by atoms with van der Waals surface area (Å²) in [6.45, 7) is 0.0748. The van der Waals surface area contributed by atoms with Crippen molar-refractivity contribution in [3.8, 4) is 0 Å². The van der Waals surface area contributed by atoms with Gasteiger partial charge in [0.1, 0.15) is 6.54 Å². The number of carbonyl (C=O) groups excluding carboxylic acids is 1. The third kappa shape index (κ3) is 3.51. The van der Waals surface area contributed by atoms with E-state index in [0.29, 0.717) is 0 Å². The minimum absolute atomic E-state index is 0.0748. The van der Waals surface area contributed by atoms with Gasteiger partial charge >= 0.3 is 5.97 Å². The van der Waals surface area contributed by atoms with Crippen LogP contribution in [0.3, 0.4) is 0 Å². The second-order valence-electron chi connectivity index (χ2n) is 2.46. The van der Waals surface area contributed by atoms with Crippen LogP contribution in [0.1, 0.15) is 5.56 Å². The number of benzene rings is 1. The van der Waals surface area contributed by atoms with Gasteiger partial charge in [-0.3, -0.25) is 9.79 Å². The van der Waals surface area contributed by atoms with E-state index in [4.69, 9.17) is 0 Å². The second kappa shape index (κ2) is 5.09. The van der Waals surface area contributed by atoms with E-state index in [1.54, 1.807) is 6.21 Å². The number of hydrogen-bond acceptors (Lipinski definition) is 3. The van der Waals surface area contributed by atoms with E-state index in [2.05, 4.69) is 9.73 Å². The van der Waals surface area contributed by atoms with Crippen molar-refractivity contribution in [2.24, 2.45) is 4.99 Å². The molecule has 1 aromatic carbocycles. The van der Waals surface area contributed by atoms with Crippen molar-refractivity contribution in [2.75, 3.05) is 13.7 Å². The first-order chi connectivity index (χ1) is 6.33. The molecule has 0 aliphatic heterocycles. The molecule has 0 radical (unpaired) electrons. The van der Waals surface area contributed by atoms with Crippen LogP contribution in [-0.4, -0.2) is 25.8 Å². The number of esters is 1. The van der Waals surface area contributed by atoms with Crippen LogP contribution in [0.25, 0.3) is 0 Å². The second-order valence-corrected chi connectivity index (χ2v) is 2.46. The first kappa shape index (κ1) is 9.45. The quantitative estimate of drug-likeness (QED) is 0.397. The molecule has 3 heteroatoms. The highest BCUT2D eigenvalue weighted by Crippen LogP contribution is 1.93. The predicted octanol–water partition coefficient (Wildman–Crippen LogP) is 1.28. The number of rotatable bonds is 3. The average Bonchev–Trinajstić information content (AvgIpc) is 2.19. The normalized spacial score (nSPS) is 10.2. The van der Waals surface area contributed by atoms with Crippen molar-refractivity contribution in [3.63, 3.8) is 0 Å². The highest BCUT2D eigenvalue weighted by atomic mass is 16.5. The molecule has 13 heavy (non-hydrogen) atoms. The van der Waals surface area contributed by atoms with Crippen LogP contribution in [0.4, 0.5) is 0 Å². The smallest absolute Gasteiger partial charge is 0.327 e. The zero-order valence-corrected chi connectivity index (χ0v) is 7.43. The molecule has 0 bridgehead atoms. The van der Waals surface area contributed by atoms with Crippen LogP contribution in [-0.2, 0) is 9.53 Å². The molecule has 68 valence electrons. The highest BCUT2D eigenvalue weighted by Gasteiger charge is 1.94. The van der Waals surface area contributed by atoms with Crippen LogP contribution >= 0.6 is 0 Å². The van der Waals surface area contributed by atoms with Gasteiger partial charge in [-0.1, -0.05) is 30.3 Å². The lowest BCUT2D eigenvalue weighted by Crippen LogP contribution is -2.04. The molecule has 0 atom stereocenters. The standard InChI is InChI=1S/C10H11NO2/c1-13-10(12)8-11-7-9-5-3-2-4-6-9/h2-7H,8H2,1H3/i11+1. The van der Waals surface area contributed by atoms with E-state index in [1.165, 1.54) is 7.11 Å². The zero-order chi connectivity index (χ0) is 9.52. The van der Waals surface area contributed by atoms with Crippen molar-refractivity contribution in [1.29, 1.82) is 0 Å².